The number of hydrogen-bond donors (Lipinski definition) is 3. The maximum Gasteiger partial charge on any atom is 0.222 e. The van der Waals surface area contributed by atoms with Crippen molar-refractivity contribution in [2.24, 2.45) is 0 Å². The number of aliphatic hydroxyl groups excluding tert-OH is 1. The number of aromatic nitrogens is 4. The third kappa shape index (κ3) is 5.33. The van der Waals surface area contributed by atoms with E-state index in [9.17, 15) is 5.11 Å². The van der Waals surface area contributed by atoms with Crippen LogP contribution in [0.1, 0.15) is 31.9 Å². The van der Waals surface area contributed by atoms with Crippen molar-refractivity contribution in [3.8, 4) is 5.75 Å². The van der Waals surface area contributed by atoms with Gasteiger partial charge in [0.2, 0.25) is 5.95 Å². The Morgan fingerprint density at radius 3 is 2.96 bits per heavy atom. The van der Waals surface area contributed by atoms with Gasteiger partial charge in [0.05, 0.1) is 6.20 Å². The quantitative estimate of drug-likeness (QED) is 0.634. The van der Waals surface area contributed by atoms with Gasteiger partial charge >= 0.3 is 0 Å². The second-order valence-electron chi connectivity index (χ2n) is 5.09. The predicted molar refractivity (Wildman–Crippen MR) is 86.8 cm³/mol. The minimum atomic E-state index is 0.0955. The zero-order chi connectivity index (χ0) is 16.5. The Kier molecular flexibility index (Phi) is 6.49. The molecule has 2 rings (SSSR count). The van der Waals surface area contributed by atoms with Gasteiger partial charge in [-0.1, -0.05) is 13.3 Å². The summed E-state index contributed by atoms with van der Waals surface area (Å²) in [5.74, 6) is 1.18. The molecule has 2 aromatic heterocycles. The third-order valence-corrected chi connectivity index (χ3v) is 3.23. The summed E-state index contributed by atoms with van der Waals surface area (Å²) in [4.78, 5) is 8.17. The Hall–Kier alpha value is -2.48. The predicted octanol–water partition coefficient (Wildman–Crippen LogP) is 1.39. The van der Waals surface area contributed by atoms with Gasteiger partial charge in [-0.05, 0) is 25.0 Å². The molecular formula is C15H22N6O2. The number of anilines is 2. The maximum absolute atomic E-state index is 9.17. The average molecular weight is 318 g/mol. The second kappa shape index (κ2) is 8.84. The van der Waals surface area contributed by atoms with Crippen LogP contribution in [0.4, 0.5) is 11.8 Å². The summed E-state index contributed by atoms with van der Waals surface area (Å²) in [6, 6.07) is 3.71. The zero-order valence-corrected chi connectivity index (χ0v) is 13.1. The fraction of sp³-hybridized carbons (Fsp3) is 0.467. The van der Waals surface area contributed by atoms with E-state index in [0.717, 1.165) is 12.8 Å². The van der Waals surface area contributed by atoms with E-state index in [0.29, 0.717) is 23.7 Å². The molecule has 2 aromatic rings. The second-order valence-corrected chi connectivity index (χ2v) is 5.09. The van der Waals surface area contributed by atoms with Crippen LogP contribution in [-0.4, -0.2) is 37.9 Å². The van der Waals surface area contributed by atoms with Crippen molar-refractivity contribution in [2.75, 3.05) is 17.7 Å². The van der Waals surface area contributed by atoms with Gasteiger partial charge in [-0.15, -0.1) is 0 Å². The van der Waals surface area contributed by atoms with Crippen LogP contribution in [0.3, 0.4) is 0 Å². The molecule has 0 radical (unpaired) electrons. The lowest BCUT2D eigenvalue weighted by Crippen LogP contribution is -2.22. The van der Waals surface area contributed by atoms with Gasteiger partial charge in [0.15, 0.2) is 11.6 Å². The SMILES string of the molecule is CCC[C@@H](CCO)Nc1nc(N)ncc1OCc1cccnn1. The Morgan fingerprint density at radius 1 is 1.39 bits per heavy atom. The average Bonchev–Trinajstić information content (AvgIpc) is 2.55. The van der Waals surface area contributed by atoms with Crippen LogP contribution in [0.15, 0.2) is 24.5 Å². The molecule has 8 nitrogen and oxygen atoms in total. The largest absolute Gasteiger partial charge is 0.482 e. The van der Waals surface area contributed by atoms with Crippen LogP contribution in [0.5, 0.6) is 5.75 Å². The topological polar surface area (TPSA) is 119 Å². The number of ether oxygens (including phenoxy) is 1. The van der Waals surface area contributed by atoms with Crippen molar-refractivity contribution in [1.29, 1.82) is 0 Å². The van der Waals surface area contributed by atoms with Gasteiger partial charge in [0.1, 0.15) is 12.3 Å². The van der Waals surface area contributed by atoms with Crippen molar-refractivity contribution in [1.82, 2.24) is 20.2 Å². The van der Waals surface area contributed by atoms with E-state index in [-0.39, 0.29) is 25.2 Å². The maximum atomic E-state index is 9.17. The molecule has 0 fully saturated rings. The van der Waals surface area contributed by atoms with Gasteiger partial charge in [0.25, 0.3) is 0 Å². The minimum absolute atomic E-state index is 0.0955. The van der Waals surface area contributed by atoms with Gasteiger partial charge in [-0.25, -0.2) is 4.98 Å². The van der Waals surface area contributed by atoms with Crippen LogP contribution in [0.25, 0.3) is 0 Å². The molecule has 1 atom stereocenters. The summed E-state index contributed by atoms with van der Waals surface area (Å²) in [7, 11) is 0. The molecule has 0 amide bonds. The summed E-state index contributed by atoms with van der Waals surface area (Å²) in [6.45, 7) is 2.45. The number of nitrogens with zero attached hydrogens (tertiary/aromatic N) is 4. The molecular weight excluding hydrogens is 296 g/mol. The lowest BCUT2D eigenvalue weighted by molar-refractivity contribution is 0.275. The van der Waals surface area contributed by atoms with E-state index in [1.165, 1.54) is 6.20 Å². The molecule has 0 bridgehead atoms. The van der Waals surface area contributed by atoms with Crippen LogP contribution < -0.4 is 15.8 Å². The molecule has 0 aromatic carbocycles. The highest BCUT2D eigenvalue weighted by atomic mass is 16.5. The summed E-state index contributed by atoms with van der Waals surface area (Å²) in [5, 5.41) is 20.2. The smallest absolute Gasteiger partial charge is 0.222 e. The molecule has 0 saturated carbocycles. The van der Waals surface area contributed by atoms with Crippen molar-refractivity contribution in [3.05, 3.63) is 30.2 Å². The number of nitrogen functional groups attached to an aromatic ring is 1. The van der Waals surface area contributed by atoms with Gasteiger partial charge in [0, 0.05) is 18.8 Å². The summed E-state index contributed by atoms with van der Waals surface area (Å²) >= 11 is 0. The molecule has 23 heavy (non-hydrogen) atoms. The van der Waals surface area contributed by atoms with E-state index in [2.05, 4.69) is 32.4 Å². The van der Waals surface area contributed by atoms with Crippen LogP contribution in [0.2, 0.25) is 0 Å². The van der Waals surface area contributed by atoms with Crippen molar-refractivity contribution in [3.63, 3.8) is 0 Å². The zero-order valence-electron chi connectivity index (χ0n) is 13.1. The summed E-state index contributed by atoms with van der Waals surface area (Å²) in [5.41, 5.74) is 6.37. The van der Waals surface area contributed by atoms with Crippen molar-refractivity contribution in [2.45, 2.75) is 38.8 Å². The van der Waals surface area contributed by atoms with Crippen LogP contribution in [0, 0.1) is 0 Å². The lowest BCUT2D eigenvalue weighted by atomic mass is 10.1. The Bertz CT molecular complexity index is 590. The van der Waals surface area contributed by atoms with E-state index < -0.39 is 0 Å². The molecule has 0 unspecified atom stereocenters. The fourth-order valence-corrected chi connectivity index (χ4v) is 2.14. The standard InChI is InChI=1S/C15H22N6O2/c1-2-4-11(6-8-22)19-14-13(9-17-15(16)20-14)23-10-12-5-3-7-18-21-12/h3,5,7,9,11,22H,2,4,6,8,10H2,1H3,(H3,16,17,19,20)/t11-/m0/s1. The van der Waals surface area contributed by atoms with E-state index in [1.807, 2.05) is 6.07 Å². The molecule has 0 aliphatic carbocycles. The first-order chi connectivity index (χ1) is 11.2. The molecule has 0 saturated heterocycles. The molecule has 124 valence electrons. The van der Waals surface area contributed by atoms with Crippen molar-refractivity contribution < 1.29 is 9.84 Å². The highest BCUT2D eigenvalue weighted by Crippen LogP contribution is 2.24. The fourth-order valence-electron chi connectivity index (χ4n) is 2.14. The number of nitrogens with two attached hydrogens (primary N) is 1. The van der Waals surface area contributed by atoms with Crippen LogP contribution >= 0.6 is 0 Å². The highest BCUT2D eigenvalue weighted by molar-refractivity contribution is 5.51. The minimum Gasteiger partial charge on any atom is -0.482 e. The normalized spacial score (nSPS) is 11.9. The molecule has 0 aliphatic rings. The Balaban J connectivity index is 2.09. The number of hydrogen-bond acceptors (Lipinski definition) is 8. The molecule has 4 N–H and O–H groups in total. The Morgan fingerprint density at radius 2 is 2.26 bits per heavy atom. The number of aliphatic hydroxyl groups is 1. The number of nitrogens with one attached hydrogen (secondary N) is 1. The highest BCUT2D eigenvalue weighted by Gasteiger charge is 2.13. The summed E-state index contributed by atoms with van der Waals surface area (Å²) < 4.78 is 5.73. The molecule has 8 heteroatoms. The van der Waals surface area contributed by atoms with Gasteiger partial charge in [-0.3, -0.25) is 0 Å². The van der Waals surface area contributed by atoms with Gasteiger partial charge in [-0.2, -0.15) is 15.2 Å². The van der Waals surface area contributed by atoms with E-state index in [1.54, 1.807) is 12.3 Å². The van der Waals surface area contributed by atoms with E-state index in [4.69, 9.17) is 10.5 Å². The summed E-state index contributed by atoms with van der Waals surface area (Å²) in [6.07, 6.45) is 5.67. The third-order valence-electron chi connectivity index (χ3n) is 3.23. The van der Waals surface area contributed by atoms with Gasteiger partial charge < -0.3 is 20.9 Å². The first-order valence-electron chi connectivity index (χ1n) is 7.62. The molecule has 2 heterocycles. The molecule has 0 aliphatic heterocycles. The molecule has 0 spiro atoms. The number of rotatable bonds is 9. The first kappa shape index (κ1) is 16.9. The first-order valence-corrected chi connectivity index (χ1v) is 7.62. The van der Waals surface area contributed by atoms with Crippen molar-refractivity contribution >= 4 is 11.8 Å². The Labute approximate surface area is 135 Å². The van der Waals surface area contributed by atoms with E-state index >= 15 is 0 Å². The lowest BCUT2D eigenvalue weighted by Gasteiger charge is -2.19. The monoisotopic (exact) mass is 318 g/mol. The van der Waals surface area contributed by atoms with Crippen LogP contribution in [-0.2, 0) is 6.61 Å².